The molecule has 63 heavy (non-hydrogen) atoms. The lowest BCUT2D eigenvalue weighted by atomic mass is 10.0. The minimum absolute atomic E-state index is 0.0625. The number of carbonyl (C=O) groups is 3. The van der Waals surface area contributed by atoms with Crippen LogP contribution in [0.3, 0.4) is 0 Å². The highest BCUT2D eigenvalue weighted by Crippen LogP contribution is 2.18. The van der Waals surface area contributed by atoms with Crippen LogP contribution in [-0.2, 0) is 28.6 Å². The molecule has 0 bridgehead atoms. The Hall–Kier alpha value is -1.59. The van der Waals surface area contributed by atoms with Gasteiger partial charge in [-0.1, -0.05) is 285 Å². The highest BCUT2D eigenvalue weighted by atomic mass is 16.6. The summed E-state index contributed by atoms with van der Waals surface area (Å²) < 4.78 is 16.9. The van der Waals surface area contributed by atoms with E-state index in [0.717, 1.165) is 63.7 Å². The lowest BCUT2D eigenvalue weighted by molar-refractivity contribution is -0.167. The Morgan fingerprint density at radius 3 is 0.778 bits per heavy atom. The average Bonchev–Trinajstić information content (AvgIpc) is 3.27. The number of rotatable bonds is 52. The van der Waals surface area contributed by atoms with E-state index in [-0.39, 0.29) is 31.1 Å². The molecule has 0 saturated carbocycles. The Kier molecular flexibility index (Phi) is 50.1. The van der Waals surface area contributed by atoms with Crippen LogP contribution in [0.5, 0.6) is 0 Å². The Labute approximate surface area is 393 Å². The maximum atomic E-state index is 12.8. The molecular formula is C57H110O6. The summed E-state index contributed by atoms with van der Waals surface area (Å²) in [6.45, 7) is 9.02. The summed E-state index contributed by atoms with van der Waals surface area (Å²) in [6.07, 6.45) is 55.3. The molecule has 6 heteroatoms. The molecule has 0 amide bonds. The van der Waals surface area contributed by atoms with Crippen LogP contribution in [0.15, 0.2) is 0 Å². The maximum absolute atomic E-state index is 12.8. The average molecular weight is 892 g/mol. The summed E-state index contributed by atoms with van der Waals surface area (Å²) in [4.78, 5) is 38.1. The van der Waals surface area contributed by atoms with Crippen LogP contribution in [0.1, 0.15) is 323 Å². The van der Waals surface area contributed by atoms with Crippen molar-refractivity contribution in [1.29, 1.82) is 0 Å². The van der Waals surface area contributed by atoms with Gasteiger partial charge in [0.25, 0.3) is 0 Å². The molecule has 0 radical (unpaired) electrons. The molecule has 0 unspecified atom stereocenters. The Bertz CT molecular complexity index is 949. The molecule has 0 fully saturated rings. The number of unbranched alkanes of at least 4 members (excludes halogenated alkanes) is 39. The van der Waals surface area contributed by atoms with E-state index >= 15 is 0 Å². The minimum Gasteiger partial charge on any atom is -0.462 e. The zero-order valence-electron chi connectivity index (χ0n) is 43.0. The fourth-order valence-corrected chi connectivity index (χ4v) is 8.75. The van der Waals surface area contributed by atoms with Gasteiger partial charge in [0.1, 0.15) is 13.2 Å². The summed E-state index contributed by atoms with van der Waals surface area (Å²) in [5.74, 6) is -0.0432. The summed E-state index contributed by atoms with van der Waals surface area (Å²) in [6, 6.07) is 0. The SMILES string of the molecule is CCCCCCCCCCCCCCCCCCCCC(=O)O[C@H](COC(=O)CCCCCCCCCCCCCCCCCC)COC(=O)CCCCCCCCCCC(C)C. The summed E-state index contributed by atoms with van der Waals surface area (Å²) in [5, 5.41) is 0. The first-order valence-corrected chi connectivity index (χ1v) is 28.4. The van der Waals surface area contributed by atoms with Crippen LogP contribution in [0.2, 0.25) is 0 Å². The van der Waals surface area contributed by atoms with Crippen molar-refractivity contribution in [1.82, 2.24) is 0 Å². The Balaban J connectivity index is 4.26. The topological polar surface area (TPSA) is 78.9 Å². The van der Waals surface area contributed by atoms with Crippen molar-refractivity contribution in [2.24, 2.45) is 5.92 Å². The first-order valence-electron chi connectivity index (χ1n) is 28.4. The van der Waals surface area contributed by atoms with Crippen molar-refractivity contribution in [3.8, 4) is 0 Å². The number of hydrogen-bond acceptors (Lipinski definition) is 6. The lowest BCUT2D eigenvalue weighted by Crippen LogP contribution is -2.30. The van der Waals surface area contributed by atoms with E-state index in [0.29, 0.717) is 19.3 Å². The van der Waals surface area contributed by atoms with Gasteiger partial charge in [0.15, 0.2) is 6.10 Å². The summed E-state index contributed by atoms with van der Waals surface area (Å²) in [7, 11) is 0. The third-order valence-corrected chi connectivity index (χ3v) is 13.0. The van der Waals surface area contributed by atoms with Crippen LogP contribution in [-0.4, -0.2) is 37.2 Å². The van der Waals surface area contributed by atoms with Gasteiger partial charge in [0, 0.05) is 19.3 Å². The fraction of sp³-hybridized carbons (Fsp3) is 0.947. The molecule has 0 heterocycles. The van der Waals surface area contributed by atoms with Gasteiger partial charge in [-0.25, -0.2) is 0 Å². The van der Waals surface area contributed by atoms with E-state index in [9.17, 15) is 14.4 Å². The van der Waals surface area contributed by atoms with Gasteiger partial charge in [0.2, 0.25) is 0 Å². The van der Waals surface area contributed by atoms with Crippen molar-refractivity contribution in [3.63, 3.8) is 0 Å². The smallest absolute Gasteiger partial charge is 0.306 e. The van der Waals surface area contributed by atoms with Crippen molar-refractivity contribution in [2.45, 2.75) is 329 Å². The van der Waals surface area contributed by atoms with Crippen LogP contribution in [0.25, 0.3) is 0 Å². The second-order valence-electron chi connectivity index (χ2n) is 20.1. The molecule has 0 aliphatic rings. The molecule has 1 atom stereocenters. The maximum Gasteiger partial charge on any atom is 0.306 e. The molecule has 0 spiro atoms. The normalized spacial score (nSPS) is 12.0. The standard InChI is InChI=1S/C57H110O6/c1-5-7-9-11-13-15-17-19-21-23-24-26-28-30-32-38-42-46-50-57(60)63-54(52-62-56(59)49-45-41-37-34-33-35-39-43-47-53(3)4)51-61-55(58)48-44-40-36-31-29-27-25-22-20-18-16-14-12-10-8-6-2/h53-54H,5-52H2,1-4H3/t54-/m1/s1. The number of esters is 3. The zero-order chi connectivity index (χ0) is 45.9. The Morgan fingerprint density at radius 2 is 0.524 bits per heavy atom. The van der Waals surface area contributed by atoms with E-state index < -0.39 is 6.10 Å². The number of hydrogen-bond donors (Lipinski definition) is 0. The van der Waals surface area contributed by atoms with E-state index in [1.165, 1.54) is 218 Å². The third-order valence-electron chi connectivity index (χ3n) is 13.0. The van der Waals surface area contributed by atoms with Crippen molar-refractivity contribution < 1.29 is 28.6 Å². The predicted octanol–water partition coefficient (Wildman–Crippen LogP) is 18.6. The largest absolute Gasteiger partial charge is 0.462 e. The van der Waals surface area contributed by atoms with E-state index in [1.807, 2.05) is 0 Å². The van der Waals surface area contributed by atoms with Crippen molar-refractivity contribution >= 4 is 17.9 Å². The Morgan fingerprint density at radius 1 is 0.302 bits per heavy atom. The van der Waals surface area contributed by atoms with Crippen LogP contribution < -0.4 is 0 Å². The van der Waals surface area contributed by atoms with E-state index in [4.69, 9.17) is 14.2 Å². The summed E-state index contributed by atoms with van der Waals surface area (Å²) in [5.41, 5.74) is 0. The highest BCUT2D eigenvalue weighted by molar-refractivity contribution is 5.71. The molecule has 0 aromatic carbocycles. The number of carbonyl (C=O) groups excluding carboxylic acids is 3. The van der Waals surface area contributed by atoms with Gasteiger partial charge in [-0.15, -0.1) is 0 Å². The third kappa shape index (κ3) is 51.3. The van der Waals surface area contributed by atoms with Gasteiger partial charge in [-0.2, -0.15) is 0 Å². The molecule has 0 rings (SSSR count). The van der Waals surface area contributed by atoms with Crippen LogP contribution >= 0.6 is 0 Å². The zero-order valence-corrected chi connectivity index (χ0v) is 43.0. The fourth-order valence-electron chi connectivity index (χ4n) is 8.75. The highest BCUT2D eigenvalue weighted by Gasteiger charge is 2.19. The minimum atomic E-state index is -0.762. The van der Waals surface area contributed by atoms with Crippen LogP contribution in [0, 0.1) is 5.92 Å². The molecule has 374 valence electrons. The van der Waals surface area contributed by atoms with Gasteiger partial charge in [-0.3, -0.25) is 14.4 Å². The lowest BCUT2D eigenvalue weighted by Gasteiger charge is -2.18. The van der Waals surface area contributed by atoms with Gasteiger partial charge < -0.3 is 14.2 Å². The van der Waals surface area contributed by atoms with Crippen molar-refractivity contribution in [3.05, 3.63) is 0 Å². The predicted molar refractivity (Wildman–Crippen MR) is 270 cm³/mol. The van der Waals surface area contributed by atoms with Gasteiger partial charge in [-0.05, 0) is 25.2 Å². The monoisotopic (exact) mass is 891 g/mol. The first-order chi connectivity index (χ1) is 30.9. The molecule has 6 nitrogen and oxygen atoms in total. The quantitative estimate of drug-likeness (QED) is 0.0344. The van der Waals surface area contributed by atoms with Gasteiger partial charge in [0.05, 0.1) is 0 Å². The molecule has 0 aliphatic carbocycles. The van der Waals surface area contributed by atoms with Crippen LogP contribution in [0.4, 0.5) is 0 Å². The van der Waals surface area contributed by atoms with E-state index in [1.54, 1.807) is 0 Å². The summed E-state index contributed by atoms with van der Waals surface area (Å²) >= 11 is 0. The molecular weight excluding hydrogens is 781 g/mol. The first kappa shape index (κ1) is 61.4. The molecule has 0 aliphatic heterocycles. The molecule has 0 saturated heterocycles. The van der Waals surface area contributed by atoms with E-state index in [2.05, 4.69) is 27.7 Å². The molecule has 0 aromatic heterocycles. The second kappa shape index (κ2) is 51.4. The molecule has 0 N–H and O–H groups in total. The van der Waals surface area contributed by atoms with Crippen molar-refractivity contribution in [2.75, 3.05) is 13.2 Å². The van der Waals surface area contributed by atoms with Gasteiger partial charge >= 0.3 is 17.9 Å². The second-order valence-corrected chi connectivity index (χ2v) is 20.1. The molecule has 0 aromatic rings. The number of ether oxygens (including phenoxy) is 3.